The second kappa shape index (κ2) is 4.88. The van der Waals surface area contributed by atoms with Crippen LogP contribution < -0.4 is 5.32 Å². The molecule has 1 heterocycles. The lowest BCUT2D eigenvalue weighted by atomic mass is 9.98. The minimum absolute atomic E-state index is 0.480. The zero-order valence-electron chi connectivity index (χ0n) is 11.1. The van der Waals surface area contributed by atoms with Crippen molar-refractivity contribution in [3.05, 3.63) is 30.0 Å². The van der Waals surface area contributed by atoms with E-state index in [4.69, 9.17) is 0 Å². The van der Waals surface area contributed by atoms with Gasteiger partial charge in [0.05, 0.1) is 11.2 Å². The molecule has 0 aliphatic rings. The summed E-state index contributed by atoms with van der Waals surface area (Å²) in [5.41, 5.74) is 2.40. The molecular formula is C14H21N3. The van der Waals surface area contributed by atoms with E-state index in [1.807, 2.05) is 18.8 Å². The van der Waals surface area contributed by atoms with Gasteiger partial charge in [-0.3, -0.25) is 4.68 Å². The molecule has 2 aromatic rings. The maximum atomic E-state index is 4.64. The number of hydrogen-bond acceptors (Lipinski definition) is 2. The number of rotatable bonds is 4. The Labute approximate surface area is 103 Å². The molecule has 17 heavy (non-hydrogen) atoms. The van der Waals surface area contributed by atoms with Crippen LogP contribution >= 0.6 is 0 Å². The molecule has 92 valence electrons. The van der Waals surface area contributed by atoms with Gasteiger partial charge in [-0.25, -0.2) is 0 Å². The van der Waals surface area contributed by atoms with E-state index in [0.29, 0.717) is 12.0 Å². The highest BCUT2D eigenvalue weighted by molar-refractivity contribution is 5.81. The van der Waals surface area contributed by atoms with E-state index in [-0.39, 0.29) is 0 Å². The fourth-order valence-corrected chi connectivity index (χ4v) is 2.32. The number of para-hydroxylation sites is 1. The van der Waals surface area contributed by atoms with E-state index < -0.39 is 0 Å². The van der Waals surface area contributed by atoms with Crippen molar-refractivity contribution in [1.82, 2.24) is 15.1 Å². The van der Waals surface area contributed by atoms with Crippen LogP contribution in [0.15, 0.2) is 24.3 Å². The lowest BCUT2D eigenvalue weighted by Crippen LogP contribution is -2.32. The number of nitrogens with zero attached hydrogens (tertiary/aromatic N) is 2. The SMILES string of the molecule is CNC(Cc1nn(C)c2ccccc12)C(C)C. The Bertz CT molecular complexity index is 499. The highest BCUT2D eigenvalue weighted by Gasteiger charge is 2.16. The number of likely N-dealkylation sites (N-methyl/N-ethyl adjacent to an activating group) is 1. The summed E-state index contributed by atoms with van der Waals surface area (Å²) in [6.45, 7) is 4.48. The molecule has 1 aromatic heterocycles. The van der Waals surface area contributed by atoms with Crippen molar-refractivity contribution in [1.29, 1.82) is 0 Å². The average molecular weight is 231 g/mol. The third-order valence-electron chi connectivity index (χ3n) is 3.42. The number of aryl methyl sites for hydroxylation is 1. The van der Waals surface area contributed by atoms with Crippen molar-refractivity contribution in [2.24, 2.45) is 13.0 Å². The maximum Gasteiger partial charge on any atom is 0.0718 e. The van der Waals surface area contributed by atoms with Gasteiger partial charge in [-0.05, 0) is 19.0 Å². The Morgan fingerprint density at radius 3 is 2.65 bits per heavy atom. The molecule has 0 amide bonds. The van der Waals surface area contributed by atoms with E-state index in [9.17, 15) is 0 Å². The Morgan fingerprint density at radius 2 is 2.00 bits per heavy atom. The largest absolute Gasteiger partial charge is 0.316 e. The first-order chi connectivity index (χ1) is 8.13. The van der Waals surface area contributed by atoms with Crippen LogP contribution in [0.1, 0.15) is 19.5 Å². The molecule has 3 nitrogen and oxygen atoms in total. The van der Waals surface area contributed by atoms with Crippen molar-refractivity contribution in [3.8, 4) is 0 Å². The average Bonchev–Trinajstić information content (AvgIpc) is 2.63. The molecular weight excluding hydrogens is 210 g/mol. The van der Waals surface area contributed by atoms with Crippen molar-refractivity contribution in [3.63, 3.8) is 0 Å². The van der Waals surface area contributed by atoms with E-state index >= 15 is 0 Å². The Morgan fingerprint density at radius 1 is 1.29 bits per heavy atom. The van der Waals surface area contributed by atoms with Gasteiger partial charge in [0.2, 0.25) is 0 Å². The van der Waals surface area contributed by atoms with E-state index in [0.717, 1.165) is 6.42 Å². The van der Waals surface area contributed by atoms with Gasteiger partial charge >= 0.3 is 0 Å². The molecule has 0 spiro atoms. The fourth-order valence-electron chi connectivity index (χ4n) is 2.32. The lowest BCUT2D eigenvalue weighted by molar-refractivity contribution is 0.421. The predicted octanol–water partition coefficient (Wildman–Crippen LogP) is 2.36. The molecule has 2 rings (SSSR count). The second-order valence-electron chi connectivity index (χ2n) is 4.93. The molecule has 0 radical (unpaired) electrons. The van der Waals surface area contributed by atoms with Gasteiger partial charge in [-0.2, -0.15) is 5.10 Å². The fraction of sp³-hybridized carbons (Fsp3) is 0.500. The summed E-state index contributed by atoms with van der Waals surface area (Å²) in [6.07, 6.45) is 0.982. The van der Waals surface area contributed by atoms with Crippen LogP contribution in [0.5, 0.6) is 0 Å². The molecule has 1 atom stereocenters. The molecule has 0 aliphatic heterocycles. The van der Waals surface area contributed by atoms with Crippen LogP contribution in [0.25, 0.3) is 10.9 Å². The summed E-state index contributed by atoms with van der Waals surface area (Å²) < 4.78 is 1.97. The molecule has 0 bridgehead atoms. The predicted molar refractivity (Wildman–Crippen MR) is 72.1 cm³/mol. The normalized spacial score (nSPS) is 13.5. The van der Waals surface area contributed by atoms with Crippen LogP contribution in [-0.2, 0) is 13.5 Å². The summed E-state index contributed by atoms with van der Waals surface area (Å²) >= 11 is 0. The summed E-state index contributed by atoms with van der Waals surface area (Å²) in [4.78, 5) is 0. The first kappa shape index (κ1) is 12.1. The molecule has 0 aliphatic carbocycles. The zero-order valence-corrected chi connectivity index (χ0v) is 11.1. The van der Waals surface area contributed by atoms with Gasteiger partial charge in [0.1, 0.15) is 0 Å². The molecule has 0 saturated carbocycles. The molecule has 0 fully saturated rings. The quantitative estimate of drug-likeness (QED) is 0.875. The van der Waals surface area contributed by atoms with Gasteiger partial charge in [-0.15, -0.1) is 0 Å². The Hall–Kier alpha value is -1.35. The highest BCUT2D eigenvalue weighted by atomic mass is 15.3. The molecule has 0 saturated heterocycles. The minimum Gasteiger partial charge on any atom is -0.316 e. The third-order valence-corrected chi connectivity index (χ3v) is 3.42. The summed E-state index contributed by atoms with van der Waals surface area (Å²) in [5.74, 6) is 0.612. The summed E-state index contributed by atoms with van der Waals surface area (Å²) in [6, 6.07) is 8.90. The lowest BCUT2D eigenvalue weighted by Gasteiger charge is -2.18. The van der Waals surface area contributed by atoms with E-state index in [2.05, 4.69) is 48.5 Å². The minimum atomic E-state index is 0.480. The van der Waals surface area contributed by atoms with Crippen LogP contribution in [0.2, 0.25) is 0 Å². The molecule has 1 aromatic carbocycles. The molecule has 1 unspecified atom stereocenters. The van der Waals surface area contributed by atoms with Gasteiger partial charge in [0, 0.05) is 24.9 Å². The monoisotopic (exact) mass is 231 g/mol. The highest BCUT2D eigenvalue weighted by Crippen LogP contribution is 2.20. The van der Waals surface area contributed by atoms with Gasteiger partial charge in [-0.1, -0.05) is 32.0 Å². The number of hydrogen-bond donors (Lipinski definition) is 1. The molecule has 1 N–H and O–H groups in total. The van der Waals surface area contributed by atoms with Crippen molar-refractivity contribution in [2.75, 3.05) is 7.05 Å². The zero-order chi connectivity index (χ0) is 12.4. The van der Waals surface area contributed by atoms with Gasteiger partial charge in [0.15, 0.2) is 0 Å². The smallest absolute Gasteiger partial charge is 0.0718 e. The van der Waals surface area contributed by atoms with Crippen LogP contribution in [-0.4, -0.2) is 22.9 Å². The first-order valence-corrected chi connectivity index (χ1v) is 6.21. The maximum absolute atomic E-state index is 4.64. The number of nitrogens with one attached hydrogen (secondary N) is 1. The Kier molecular flexibility index (Phi) is 3.48. The van der Waals surface area contributed by atoms with E-state index in [1.54, 1.807) is 0 Å². The van der Waals surface area contributed by atoms with Crippen LogP contribution in [0, 0.1) is 5.92 Å². The van der Waals surface area contributed by atoms with E-state index in [1.165, 1.54) is 16.6 Å². The number of benzene rings is 1. The third kappa shape index (κ3) is 2.34. The van der Waals surface area contributed by atoms with Crippen molar-refractivity contribution in [2.45, 2.75) is 26.3 Å². The summed E-state index contributed by atoms with van der Waals surface area (Å²) in [7, 11) is 4.03. The van der Waals surface area contributed by atoms with Crippen molar-refractivity contribution >= 4 is 10.9 Å². The topological polar surface area (TPSA) is 29.9 Å². The summed E-state index contributed by atoms with van der Waals surface area (Å²) in [5, 5.41) is 9.29. The number of fused-ring (bicyclic) bond motifs is 1. The second-order valence-corrected chi connectivity index (χ2v) is 4.93. The number of aromatic nitrogens is 2. The van der Waals surface area contributed by atoms with Crippen LogP contribution in [0.3, 0.4) is 0 Å². The van der Waals surface area contributed by atoms with Crippen LogP contribution in [0.4, 0.5) is 0 Å². The van der Waals surface area contributed by atoms with Gasteiger partial charge in [0.25, 0.3) is 0 Å². The first-order valence-electron chi connectivity index (χ1n) is 6.21. The van der Waals surface area contributed by atoms with Gasteiger partial charge < -0.3 is 5.32 Å². The molecule has 3 heteroatoms. The standard InChI is InChI=1S/C14H21N3/c1-10(2)12(15-3)9-13-11-7-5-6-8-14(11)17(4)16-13/h5-8,10,12,15H,9H2,1-4H3. The Balaban J connectivity index is 2.36. The van der Waals surface area contributed by atoms with Crippen molar-refractivity contribution < 1.29 is 0 Å².